The number of hydrogen-bond acceptors (Lipinski definition) is 3. The molecule has 0 radical (unpaired) electrons. The van der Waals surface area contributed by atoms with E-state index in [1.807, 2.05) is 0 Å². The van der Waals surface area contributed by atoms with Crippen molar-refractivity contribution in [3.63, 3.8) is 0 Å². The maximum Gasteiger partial charge on any atom is 0.326 e. The monoisotopic (exact) mass is 331 g/mol. The van der Waals surface area contributed by atoms with Gasteiger partial charge in [0, 0.05) is 5.02 Å². The molecule has 0 fully saturated rings. The highest BCUT2D eigenvalue weighted by molar-refractivity contribution is 6.31. The number of carbonyl (C=O) groups excluding carboxylic acids is 2. The molecule has 6 nitrogen and oxygen atoms in total. The fraction of sp³-hybridized carbons (Fsp3) is 0.125. The molecular formula is C16H14ClN3O3. The number of benzene rings is 2. The minimum atomic E-state index is -0.437. The Morgan fingerprint density at radius 1 is 1.30 bits per heavy atom. The van der Waals surface area contributed by atoms with Crippen molar-refractivity contribution in [3.8, 4) is 5.75 Å². The Hall–Kier alpha value is -2.73. The average molecular weight is 332 g/mol. The molecular weight excluding hydrogens is 318 g/mol. The molecule has 0 bridgehead atoms. The van der Waals surface area contributed by atoms with Crippen molar-refractivity contribution in [2.75, 3.05) is 29.2 Å². The second-order valence-corrected chi connectivity index (χ2v) is 5.36. The Labute approximate surface area is 138 Å². The third-order valence-corrected chi connectivity index (χ3v) is 3.65. The molecule has 3 amide bonds. The SMILES string of the molecule is COc1ccc(Cl)cc1NC(=O)N1CC(=O)Nc2ccccc21. The third-order valence-electron chi connectivity index (χ3n) is 3.42. The molecule has 7 heteroatoms. The van der Waals surface area contributed by atoms with E-state index in [9.17, 15) is 9.59 Å². The summed E-state index contributed by atoms with van der Waals surface area (Å²) in [7, 11) is 1.50. The largest absolute Gasteiger partial charge is 0.495 e. The van der Waals surface area contributed by atoms with Gasteiger partial charge in [-0.25, -0.2) is 4.79 Å². The van der Waals surface area contributed by atoms with Gasteiger partial charge < -0.3 is 15.4 Å². The zero-order valence-corrected chi connectivity index (χ0v) is 13.1. The van der Waals surface area contributed by atoms with Gasteiger partial charge in [0.15, 0.2) is 0 Å². The van der Waals surface area contributed by atoms with Crippen molar-refractivity contribution in [1.29, 1.82) is 0 Å². The molecule has 1 aliphatic rings. The number of anilines is 3. The number of rotatable bonds is 2. The van der Waals surface area contributed by atoms with Gasteiger partial charge in [-0.3, -0.25) is 9.69 Å². The van der Waals surface area contributed by atoms with Crippen LogP contribution in [0, 0.1) is 0 Å². The van der Waals surface area contributed by atoms with Crippen LogP contribution >= 0.6 is 11.6 Å². The van der Waals surface area contributed by atoms with Gasteiger partial charge >= 0.3 is 6.03 Å². The lowest BCUT2D eigenvalue weighted by molar-refractivity contribution is -0.115. The molecule has 0 atom stereocenters. The van der Waals surface area contributed by atoms with Crippen LogP contribution in [0.25, 0.3) is 0 Å². The van der Waals surface area contributed by atoms with Crippen LogP contribution in [0.1, 0.15) is 0 Å². The lowest BCUT2D eigenvalue weighted by atomic mass is 10.2. The number of halogens is 1. The molecule has 2 N–H and O–H groups in total. The van der Waals surface area contributed by atoms with Crippen LogP contribution in [-0.2, 0) is 4.79 Å². The predicted molar refractivity (Wildman–Crippen MR) is 89.4 cm³/mol. The van der Waals surface area contributed by atoms with Crippen LogP contribution in [0.5, 0.6) is 5.75 Å². The molecule has 0 aromatic heterocycles. The summed E-state index contributed by atoms with van der Waals surface area (Å²) in [4.78, 5) is 25.8. The summed E-state index contributed by atoms with van der Waals surface area (Å²) in [5.41, 5.74) is 1.66. The number of hydrogen-bond donors (Lipinski definition) is 2. The van der Waals surface area contributed by atoms with Crippen LogP contribution < -0.4 is 20.3 Å². The summed E-state index contributed by atoms with van der Waals surface area (Å²) in [6.07, 6.45) is 0. The van der Waals surface area contributed by atoms with E-state index in [-0.39, 0.29) is 12.5 Å². The highest BCUT2D eigenvalue weighted by atomic mass is 35.5. The van der Waals surface area contributed by atoms with Gasteiger partial charge in [0.1, 0.15) is 12.3 Å². The lowest BCUT2D eigenvalue weighted by Gasteiger charge is -2.29. The van der Waals surface area contributed by atoms with Crippen molar-refractivity contribution in [2.24, 2.45) is 0 Å². The summed E-state index contributed by atoms with van der Waals surface area (Å²) in [6, 6.07) is 11.6. The first-order chi connectivity index (χ1) is 11.1. The van der Waals surface area contributed by atoms with Gasteiger partial charge in [-0.2, -0.15) is 0 Å². The highest BCUT2D eigenvalue weighted by Crippen LogP contribution is 2.31. The first kappa shape index (κ1) is 15.2. The molecule has 23 heavy (non-hydrogen) atoms. The maximum atomic E-state index is 12.6. The number of para-hydroxylation sites is 2. The highest BCUT2D eigenvalue weighted by Gasteiger charge is 2.27. The smallest absolute Gasteiger partial charge is 0.326 e. The first-order valence-corrected chi connectivity index (χ1v) is 7.27. The zero-order chi connectivity index (χ0) is 16.4. The summed E-state index contributed by atoms with van der Waals surface area (Å²) >= 11 is 5.96. The first-order valence-electron chi connectivity index (χ1n) is 6.89. The van der Waals surface area contributed by atoms with Gasteiger partial charge in [0.05, 0.1) is 24.2 Å². The van der Waals surface area contributed by atoms with E-state index in [1.54, 1.807) is 42.5 Å². The van der Waals surface area contributed by atoms with E-state index in [1.165, 1.54) is 12.0 Å². The van der Waals surface area contributed by atoms with E-state index < -0.39 is 6.03 Å². The number of carbonyl (C=O) groups is 2. The van der Waals surface area contributed by atoms with Gasteiger partial charge in [-0.1, -0.05) is 23.7 Å². The van der Waals surface area contributed by atoms with Gasteiger partial charge in [0.2, 0.25) is 5.91 Å². The maximum absolute atomic E-state index is 12.6. The predicted octanol–water partition coefficient (Wildman–Crippen LogP) is 3.34. The minimum absolute atomic E-state index is 0.0638. The van der Waals surface area contributed by atoms with Crippen molar-refractivity contribution in [1.82, 2.24) is 0 Å². The summed E-state index contributed by atoms with van der Waals surface area (Å²) in [5, 5.41) is 5.94. The third kappa shape index (κ3) is 3.07. The Morgan fingerprint density at radius 3 is 2.87 bits per heavy atom. The van der Waals surface area contributed by atoms with Gasteiger partial charge in [-0.05, 0) is 30.3 Å². The van der Waals surface area contributed by atoms with Crippen LogP contribution in [0.15, 0.2) is 42.5 Å². The summed E-state index contributed by atoms with van der Waals surface area (Å²) < 4.78 is 5.21. The Bertz CT molecular complexity index is 779. The minimum Gasteiger partial charge on any atom is -0.495 e. The number of nitrogens with zero attached hydrogens (tertiary/aromatic N) is 1. The molecule has 3 rings (SSSR count). The number of fused-ring (bicyclic) bond motifs is 1. The van der Waals surface area contributed by atoms with Crippen LogP contribution in [-0.4, -0.2) is 25.6 Å². The van der Waals surface area contributed by atoms with Crippen molar-refractivity contribution in [3.05, 3.63) is 47.5 Å². The molecule has 0 unspecified atom stereocenters. The molecule has 0 spiro atoms. The van der Waals surface area contributed by atoms with Gasteiger partial charge in [-0.15, -0.1) is 0 Å². The Balaban J connectivity index is 1.90. The number of methoxy groups -OCH3 is 1. The quantitative estimate of drug-likeness (QED) is 0.886. The summed E-state index contributed by atoms with van der Waals surface area (Å²) in [5.74, 6) is 0.231. The topological polar surface area (TPSA) is 70.7 Å². The number of ether oxygens (including phenoxy) is 1. The molecule has 1 heterocycles. The van der Waals surface area contributed by atoms with Crippen molar-refractivity contribution in [2.45, 2.75) is 0 Å². The zero-order valence-electron chi connectivity index (χ0n) is 12.3. The fourth-order valence-electron chi connectivity index (χ4n) is 2.37. The molecule has 0 saturated heterocycles. The van der Waals surface area contributed by atoms with E-state index in [2.05, 4.69) is 10.6 Å². The molecule has 2 aromatic carbocycles. The second-order valence-electron chi connectivity index (χ2n) is 4.93. The standard InChI is InChI=1S/C16H14ClN3O3/c1-23-14-7-6-10(17)8-12(14)19-16(22)20-9-15(21)18-11-4-2-3-5-13(11)20/h2-8H,9H2,1H3,(H,18,21)(H,19,22). The molecule has 118 valence electrons. The van der Waals surface area contributed by atoms with Crippen molar-refractivity contribution >= 4 is 40.6 Å². The Morgan fingerprint density at radius 2 is 2.09 bits per heavy atom. The van der Waals surface area contributed by atoms with Crippen LogP contribution in [0.3, 0.4) is 0 Å². The van der Waals surface area contributed by atoms with E-state index in [0.29, 0.717) is 27.8 Å². The lowest BCUT2D eigenvalue weighted by Crippen LogP contribution is -2.44. The molecule has 2 aromatic rings. The van der Waals surface area contributed by atoms with Crippen LogP contribution in [0.4, 0.5) is 21.9 Å². The normalized spacial score (nSPS) is 13.1. The molecule has 0 saturated carbocycles. The molecule has 1 aliphatic heterocycles. The Kier molecular flexibility index (Phi) is 4.08. The number of amides is 3. The average Bonchev–Trinajstić information content (AvgIpc) is 2.54. The molecule has 0 aliphatic carbocycles. The van der Waals surface area contributed by atoms with E-state index in [0.717, 1.165) is 0 Å². The number of urea groups is 1. The number of nitrogens with one attached hydrogen (secondary N) is 2. The van der Waals surface area contributed by atoms with E-state index >= 15 is 0 Å². The van der Waals surface area contributed by atoms with E-state index in [4.69, 9.17) is 16.3 Å². The van der Waals surface area contributed by atoms with Crippen LogP contribution in [0.2, 0.25) is 5.02 Å². The summed E-state index contributed by atoms with van der Waals surface area (Å²) in [6.45, 7) is -0.0638. The fourth-order valence-corrected chi connectivity index (χ4v) is 2.55. The van der Waals surface area contributed by atoms with Crippen molar-refractivity contribution < 1.29 is 14.3 Å². The second kappa shape index (κ2) is 6.18. The van der Waals surface area contributed by atoms with Gasteiger partial charge in [0.25, 0.3) is 0 Å².